The van der Waals surface area contributed by atoms with Gasteiger partial charge in [0.25, 0.3) is 0 Å². The number of carbonyl (C=O) groups is 1. The molecule has 1 aliphatic rings. The molecule has 3 heterocycles. The fraction of sp³-hybridized carbons (Fsp3) is 0.435. The Balaban J connectivity index is 1.49. The lowest BCUT2D eigenvalue weighted by Crippen LogP contribution is -2.51. The number of hydrogen-bond acceptors (Lipinski definition) is 5. The van der Waals surface area contributed by atoms with Crippen molar-refractivity contribution in [2.24, 2.45) is 0 Å². The van der Waals surface area contributed by atoms with Gasteiger partial charge in [0, 0.05) is 50.0 Å². The van der Waals surface area contributed by atoms with Crippen molar-refractivity contribution in [3.05, 3.63) is 52.8 Å². The number of halogens is 1. The van der Waals surface area contributed by atoms with Crippen LogP contribution in [0.3, 0.4) is 0 Å². The summed E-state index contributed by atoms with van der Waals surface area (Å²) < 4.78 is 0. The molecule has 0 radical (unpaired) electrons. The predicted octanol–water partition coefficient (Wildman–Crippen LogP) is 3.35. The molecule has 1 atom stereocenters. The predicted molar refractivity (Wildman–Crippen MR) is 125 cm³/mol. The van der Waals surface area contributed by atoms with Crippen molar-refractivity contribution in [2.75, 3.05) is 37.6 Å². The summed E-state index contributed by atoms with van der Waals surface area (Å²) in [6.45, 7) is 9.80. The van der Waals surface area contributed by atoms with Crippen LogP contribution in [0.15, 0.2) is 36.7 Å². The topological polar surface area (TPSA) is 77.2 Å². The molecular weight excluding hydrogens is 412 g/mol. The Labute approximate surface area is 187 Å². The minimum atomic E-state index is -0.227. The lowest BCUT2D eigenvalue weighted by Gasteiger charge is -2.38. The van der Waals surface area contributed by atoms with Crippen molar-refractivity contribution >= 4 is 34.2 Å². The molecule has 2 N–H and O–H groups in total. The number of pyridine rings is 1. The molecule has 0 spiro atoms. The van der Waals surface area contributed by atoms with Crippen LogP contribution in [0, 0.1) is 6.92 Å². The third-order valence-electron chi connectivity index (χ3n) is 5.84. The molecule has 1 aromatic carbocycles. The maximum Gasteiger partial charge on any atom is 0.231 e. The SMILES string of the molecule is Cc1cnc2[nH]ncc2c1N1CCN(C(=O)[C@H](CNC(C)C)c2ccc(Cl)cc2)CC1. The maximum atomic E-state index is 13.5. The van der Waals surface area contributed by atoms with E-state index in [1.807, 2.05) is 41.6 Å². The second-order valence-corrected chi connectivity index (χ2v) is 8.84. The number of rotatable bonds is 6. The van der Waals surface area contributed by atoms with Gasteiger partial charge in [-0.2, -0.15) is 5.10 Å². The second kappa shape index (κ2) is 9.24. The van der Waals surface area contributed by atoms with Crippen LogP contribution < -0.4 is 10.2 Å². The molecule has 7 nitrogen and oxygen atoms in total. The van der Waals surface area contributed by atoms with Gasteiger partial charge >= 0.3 is 0 Å². The molecule has 164 valence electrons. The molecule has 0 aliphatic carbocycles. The smallest absolute Gasteiger partial charge is 0.231 e. The summed E-state index contributed by atoms with van der Waals surface area (Å²) in [4.78, 5) is 22.2. The van der Waals surface area contributed by atoms with Crippen LogP contribution in [-0.2, 0) is 4.79 Å². The van der Waals surface area contributed by atoms with Crippen LogP contribution in [0.25, 0.3) is 11.0 Å². The number of H-pyrrole nitrogens is 1. The van der Waals surface area contributed by atoms with Crippen molar-refractivity contribution < 1.29 is 4.79 Å². The first-order valence-electron chi connectivity index (χ1n) is 10.8. The molecule has 31 heavy (non-hydrogen) atoms. The lowest BCUT2D eigenvalue weighted by molar-refractivity contribution is -0.133. The van der Waals surface area contributed by atoms with Crippen LogP contribution >= 0.6 is 11.6 Å². The van der Waals surface area contributed by atoms with Gasteiger partial charge in [-0.1, -0.05) is 37.6 Å². The van der Waals surface area contributed by atoms with E-state index in [1.165, 1.54) is 0 Å². The third kappa shape index (κ3) is 4.67. The number of hydrogen-bond donors (Lipinski definition) is 2. The Morgan fingerprint density at radius 3 is 2.55 bits per heavy atom. The number of aromatic amines is 1. The largest absolute Gasteiger partial charge is 0.367 e. The number of piperazine rings is 1. The Morgan fingerprint density at radius 1 is 1.16 bits per heavy atom. The first-order chi connectivity index (χ1) is 14.9. The van der Waals surface area contributed by atoms with Crippen molar-refractivity contribution in [3.8, 4) is 0 Å². The number of aryl methyl sites for hydroxylation is 1. The molecule has 0 saturated carbocycles. The zero-order valence-corrected chi connectivity index (χ0v) is 19.0. The average molecular weight is 441 g/mol. The fourth-order valence-corrected chi connectivity index (χ4v) is 4.30. The average Bonchev–Trinajstić information content (AvgIpc) is 3.23. The molecule has 8 heteroatoms. The van der Waals surface area contributed by atoms with Crippen molar-refractivity contribution in [1.82, 2.24) is 25.4 Å². The van der Waals surface area contributed by atoms with E-state index in [2.05, 4.69) is 46.2 Å². The van der Waals surface area contributed by atoms with Gasteiger partial charge in [0.2, 0.25) is 5.91 Å². The van der Waals surface area contributed by atoms with E-state index in [0.717, 1.165) is 40.9 Å². The van der Waals surface area contributed by atoms with Gasteiger partial charge in [0.05, 0.1) is 23.2 Å². The van der Waals surface area contributed by atoms with Crippen LogP contribution in [0.4, 0.5) is 5.69 Å². The number of carbonyl (C=O) groups excluding carboxylic acids is 1. The van der Waals surface area contributed by atoms with Crippen molar-refractivity contribution in [2.45, 2.75) is 32.7 Å². The first-order valence-corrected chi connectivity index (χ1v) is 11.1. The number of nitrogens with zero attached hydrogens (tertiary/aromatic N) is 4. The number of fused-ring (bicyclic) bond motifs is 1. The molecule has 1 saturated heterocycles. The summed E-state index contributed by atoms with van der Waals surface area (Å²) in [6, 6.07) is 7.93. The summed E-state index contributed by atoms with van der Waals surface area (Å²) in [5.41, 5.74) is 4.06. The van der Waals surface area contributed by atoms with E-state index >= 15 is 0 Å². The van der Waals surface area contributed by atoms with E-state index in [-0.39, 0.29) is 11.8 Å². The zero-order valence-electron chi connectivity index (χ0n) is 18.2. The van der Waals surface area contributed by atoms with Gasteiger partial charge in [-0.15, -0.1) is 0 Å². The van der Waals surface area contributed by atoms with E-state index in [0.29, 0.717) is 30.7 Å². The molecule has 1 aliphatic heterocycles. The number of nitrogens with one attached hydrogen (secondary N) is 2. The summed E-state index contributed by atoms with van der Waals surface area (Å²) in [5.74, 6) is -0.0653. The van der Waals surface area contributed by atoms with Gasteiger partial charge < -0.3 is 15.1 Å². The Kier molecular flexibility index (Phi) is 6.43. The number of aromatic nitrogens is 3. The van der Waals surface area contributed by atoms with E-state index in [9.17, 15) is 4.79 Å². The van der Waals surface area contributed by atoms with Crippen molar-refractivity contribution in [1.29, 1.82) is 0 Å². The van der Waals surface area contributed by atoms with Gasteiger partial charge in [-0.25, -0.2) is 4.98 Å². The van der Waals surface area contributed by atoms with Crippen molar-refractivity contribution in [3.63, 3.8) is 0 Å². The van der Waals surface area contributed by atoms with Gasteiger partial charge in [0.15, 0.2) is 5.65 Å². The van der Waals surface area contributed by atoms with Crippen LogP contribution in [0.5, 0.6) is 0 Å². The van der Waals surface area contributed by atoms with Gasteiger partial charge in [0.1, 0.15) is 0 Å². The number of anilines is 1. The van der Waals surface area contributed by atoms with E-state index < -0.39 is 0 Å². The molecule has 0 unspecified atom stereocenters. The highest BCUT2D eigenvalue weighted by atomic mass is 35.5. The standard InChI is InChI=1S/C23H29ClN6O/c1-15(2)25-13-19(17-4-6-18(24)7-5-17)23(31)30-10-8-29(9-11-30)21-16(3)12-26-22-20(21)14-27-28-22/h4-7,12,14-15,19,25H,8-11,13H2,1-3H3,(H,26,27,28)/t19-/m1/s1. The zero-order chi connectivity index (χ0) is 22.0. The quantitative estimate of drug-likeness (QED) is 0.614. The number of amides is 1. The van der Waals surface area contributed by atoms with Crippen LogP contribution in [0.1, 0.15) is 30.9 Å². The highest BCUT2D eigenvalue weighted by Gasteiger charge is 2.29. The lowest BCUT2D eigenvalue weighted by atomic mass is 9.96. The maximum absolute atomic E-state index is 13.5. The summed E-state index contributed by atoms with van der Waals surface area (Å²) in [5, 5.41) is 12.2. The summed E-state index contributed by atoms with van der Waals surface area (Å²) in [7, 11) is 0. The summed E-state index contributed by atoms with van der Waals surface area (Å²) >= 11 is 6.06. The van der Waals surface area contributed by atoms with Gasteiger partial charge in [-0.3, -0.25) is 9.89 Å². The molecular formula is C23H29ClN6O. The first kappa shape index (κ1) is 21.6. The Morgan fingerprint density at radius 2 is 1.87 bits per heavy atom. The minimum Gasteiger partial charge on any atom is -0.367 e. The fourth-order valence-electron chi connectivity index (χ4n) is 4.17. The number of benzene rings is 1. The Hall–Kier alpha value is -2.64. The van der Waals surface area contributed by atoms with Crippen LogP contribution in [-0.4, -0.2) is 64.8 Å². The monoisotopic (exact) mass is 440 g/mol. The molecule has 0 bridgehead atoms. The van der Waals surface area contributed by atoms with E-state index in [1.54, 1.807) is 0 Å². The molecule has 4 rings (SSSR count). The second-order valence-electron chi connectivity index (χ2n) is 8.40. The molecule has 2 aromatic heterocycles. The molecule has 1 fully saturated rings. The highest BCUT2D eigenvalue weighted by Crippen LogP contribution is 2.29. The highest BCUT2D eigenvalue weighted by molar-refractivity contribution is 6.30. The molecule has 3 aromatic rings. The Bertz CT molecular complexity index is 1040. The molecule has 1 amide bonds. The third-order valence-corrected chi connectivity index (χ3v) is 6.10. The summed E-state index contributed by atoms with van der Waals surface area (Å²) in [6.07, 6.45) is 3.71. The van der Waals surface area contributed by atoms with E-state index in [4.69, 9.17) is 11.6 Å². The normalized spacial score (nSPS) is 15.6. The van der Waals surface area contributed by atoms with Gasteiger partial charge in [-0.05, 0) is 30.2 Å². The van der Waals surface area contributed by atoms with Crippen LogP contribution in [0.2, 0.25) is 5.02 Å². The minimum absolute atomic E-state index is 0.162.